The van der Waals surface area contributed by atoms with E-state index in [0.29, 0.717) is 16.5 Å². The Morgan fingerprint density at radius 1 is 0.938 bits per heavy atom. The van der Waals surface area contributed by atoms with E-state index >= 15 is 0 Å². The minimum atomic E-state index is -0.816. The van der Waals surface area contributed by atoms with Gasteiger partial charge in [-0.3, -0.25) is 14.9 Å². The third-order valence-corrected chi connectivity index (χ3v) is 5.29. The van der Waals surface area contributed by atoms with Gasteiger partial charge in [-0.2, -0.15) is 0 Å². The molecule has 0 radical (unpaired) electrons. The van der Waals surface area contributed by atoms with Crippen molar-refractivity contribution in [2.45, 2.75) is 20.8 Å². The van der Waals surface area contributed by atoms with E-state index in [9.17, 15) is 19.7 Å². The SMILES string of the molecule is Cc1ccc(-c2oc3cc(C)c(C)cc3c(=O)c2OC(=O)c2ccc([N+](=O)[O-])cc2)cc1. The third kappa shape index (κ3) is 3.88. The first kappa shape index (κ1) is 21.0. The topological polar surface area (TPSA) is 99.7 Å². The molecule has 3 aromatic carbocycles. The summed E-state index contributed by atoms with van der Waals surface area (Å²) in [6.45, 7) is 5.73. The zero-order valence-electron chi connectivity index (χ0n) is 17.7. The van der Waals surface area contributed by atoms with Crippen molar-refractivity contribution in [1.29, 1.82) is 0 Å². The van der Waals surface area contributed by atoms with Crippen LogP contribution < -0.4 is 10.2 Å². The van der Waals surface area contributed by atoms with Crippen molar-refractivity contribution in [2.24, 2.45) is 0 Å². The molecule has 4 aromatic rings. The lowest BCUT2D eigenvalue weighted by Gasteiger charge is -2.12. The minimum Gasteiger partial charge on any atom is -0.452 e. The van der Waals surface area contributed by atoms with Gasteiger partial charge in [0, 0.05) is 17.7 Å². The lowest BCUT2D eigenvalue weighted by atomic mass is 10.0. The number of benzene rings is 3. The quantitative estimate of drug-likeness (QED) is 0.241. The van der Waals surface area contributed by atoms with Gasteiger partial charge in [0.05, 0.1) is 15.9 Å². The predicted molar refractivity (Wildman–Crippen MR) is 120 cm³/mol. The lowest BCUT2D eigenvalue weighted by molar-refractivity contribution is -0.384. The molecule has 0 unspecified atom stereocenters. The van der Waals surface area contributed by atoms with Crippen molar-refractivity contribution in [3.8, 4) is 17.1 Å². The molecule has 0 aliphatic carbocycles. The van der Waals surface area contributed by atoms with Crippen molar-refractivity contribution >= 4 is 22.6 Å². The molecule has 32 heavy (non-hydrogen) atoms. The number of hydrogen-bond acceptors (Lipinski definition) is 6. The molecule has 0 bridgehead atoms. The monoisotopic (exact) mass is 429 g/mol. The number of carbonyl (C=O) groups excluding carboxylic acids is 1. The number of rotatable bonds is 4. The van der Waals surface area contributed by atoms with Crippen LogP contribution >= 0.6 is 0 Å². The number of nitrogens with zero attached hydrogens (tertiary/aromatic N) is 1. The first-order valence-corrected chi connectivity index (χ1v) is 9.86. The summed E-state index contributed by atoms with van der Waals surface area (Å²) in [5.41, 5.74) is 3.31. The Balaban J connectivity index is 1.86. The molecule has 7 heteroatoms. The molecule has 0 aliphatic rings. The molecule has 0 atom stereocenters. The van der Waals surface area contributed by atoms with Crippen LogP contribution in [0.3, 0.4) is 0 Å². The van der Waals surface area contributed by atoms with Crippen LogP contribution in [0.5, 0.6) is 5.75 Å². The standard InChI is InChI=1S/C25H19NO6/c1-14-4-6-17(7-5-14)23-24(22(27)20-12-15(2)16(3)13-21(20)31-23)32-25(28)18-8-10-19(11-9-18)26(29)30/h4-13H,1-3H3. The fourth-order valence-corrected chi connectivity index (χ4v) is 3.29. The van der Waals surface area contributed by atoms with Crippen molar-refractivity contribution in [2.75, 3.05) is 0 Å². The molecule has 0 amide bonds. The smallest absolute Gasteiger partial charge is 0.343 e. The normalized spacial score (nSPS) is 10.8. The second-order valence-corrected chi connectivity index (χ2v) is 7.58. The molecule has 0 saturated carbocycles. The average molecular weight is 429 g/mol. The van der Waals surface area contributed by atoms with Crippen molar-refractivity contribution in [1.82, 2.24) is 0 Å². The number of hydrogen-bond donors (Lipinski definition) is 0. The number of fused-ring (bicyclic) bond motifs is 1. The van der Waals surface area contributed by atoms with Gasteiger partial charge in [0.25, 0.3) is 5.69 Å². The van der Waals surface area contributed by atoms with Crippen LogP contribution in [0.4, 0.5) is 5.69 Å². The number of nitro groups is 1. The third-order valence-electron chi connectivity index (χ3n) is 5.29. The predicted octanol–water partition coefficient (Wildman–Crippen LogP) is 5.51. The van der Waals surface area contributed by atoms with Gasteiger partial charge >= 0.3 is 5.97 Å². The maximum atomic E-state index is 13.3. The van der Waals surface area contributed by atoms with Gasteiger partial charge in [0.15, 0.2) is 5.76 Å². The van der Waals surface area contributed by atoms with E-state index in [-0.39, 0.29) is 22.8 Å². The molecule has 1 aromatic heterocycles. The molecule has 1 heterocycles. The Labute approximate surface area is 183 Å². The Morgan fingerprint density at radius 2 is 1.56 bits per heavy atom. The summed E-state index contributed by atoms with van der Waals surface area (Å²) in [6.07, 6.45) is 0. The van der Waals surface area contributed by atoms with Crippen LogP contribution in [0.25, 0.3) is 22.3 Å². The highest BCUT2D eigenvalue weighted by atomic mass is 16.6. The summed E-state index contributed by atoms with van der Waals surface area (Å²) in [4.78, 5) is 36.4. The second kappa shape index (κ2) is 8.11. The van der Waals surface area contributed by atoms with E-state index in [1.807, 2.05) is 32.9 Å². The molecule has 0 saturated heterocycles. The number of aryl methyl sites for hydroxylation is 3. The van der Waals surface area contributed by atoms with E-state index in [4.69, 9.17) is 9.15 Å². The zero-order valence-corrected chi connectivity index (χ0v) is 17.7. The molecular formula is C25H19NO6. The highest BCUT2D eigenvalue weighted by Crippen LogP contribution is 2.32. The molecule has 0 N–H and O–H groups in total. The number of carbonyl (C=O) groups is 1. The number of non-ortho nitro benzene ring substituents is 1. The van der Waals surface area contributed by atoms with Crippen LogP contribution in [0.1, 0.15) is 27.0 Å². The van der Waals surface area contributed by atoms with Gasteiger partial charge in [0.2, 0.25) is 11.2 Å². The van der Waals surface area contributed by atoms with Gasteiger partial charge in [-0.15, -0.1) is 0 Å². The summed E-state index contributed by atoms with van der Waals surface area (Å²) < 4.78 is 11.6. The minimum absolute atomic E-state index is 0.0741. The van der Waals surface area contributed by atoms with E-state index in [0.717, 1.165) is 16.7 Å². The Hall–Kier alpha value is -4.26. The highest BCUT2D eigenvalue weighted by molar-refractivity contribution is 5.93. The number of ether oxygens (including phenoxy) is 1. The maximum Gasteiger partial charge on any atom is 0.343 e. The summed E-state index contributed by atoms with van der Waals surface area (Å²) in [7, 11) is 0. The lowest BCUT2D eigenvalue weighted by Crippen LogP contribution is -2.16. The molecule has 0 aliphatic heterocycles. The van der Waals surface area contributed by atoms with Crippen molar-refractivity contribution in [3.05, 3.63) is 103 Å². The van der Waals surface area contributed by atoms with E-state index in [1.165, 1.54) is 24.3 Å². The van der Waals surface area contributed by atoms with Crippen LogP contribution in [0.15, 0.2) is 69.9 Å². The largest absolute Gasteiger partial charge is 0.452 e. The van der Waals surface area contributed by atoms with E-state index in [2.05, 4.69) is 0 Å². The molecular weight excluding hydrogens is 410 g/mol. The van der Waals surface area contributed by atoms with Crippen molar-refractivity contribution < 1.29 is 18.9 Å². The Morgan fingerprint density at radius 3 is 2.19 bits per heavy atom. The highest BCUT2D eigenvalue weighted by Gasteiger charge is 2.22. The molecule has 0 spiro atoms. The second-order valence-electron chi connectivity index (χ2n) is 7.58. The van der Waals surface area contributed by atoms with Crippen LogP contribution in [0, 0.1) is 30.9 Å². The van der Waals surface area contributed by atoms with Gasteiger partial charge in [-0.1, -0.05) is 29.8 Å². The average Bonchev–Trinajstić information content (AvgIpc) is 2.77. The maximum absolute atomic E-state index is 13.3. The zero-order chi connectivity index (χ0) is 23.0. The van der Waals surface area contributed by atoms with Crippen LogP contribution in [0.2, 0.25) is 0 Å². The fraction of sp³-hybridized carbons (Fsp3) is 0.120. The summed E-state index contributed by atoms with van der Waals surface area (Å²) in [5, 5.41) is 11.2. The van der Waals surface area contributed by atoms with Crippen LogP contribution in [-0.4, -0.2) is 10.9 Å². The van der Waals surface area contributed by atoms with Crippen molar-refractivity contribution in [3.63, 3.8) is 0 Å². The van der Waals surface area contributed by atoms with Gasteiger partial charge in [-0.05, 0) is 56.2 Å². The van der Waals surface area contributed by atoms with Gasteiger partial charge in [-0.25, -0.2) is 4.79 Å². The van der Waals surface area contributed by atoms with E-state index < -0.39 is 16.3 Å². The first-order valence-electron chi connectivity index (χ1n) is 9.86. The molecule has 160 valence electrons. The van der Waals surface area contributed by atoms with Gasteiger partial charge < -0.3 is 9.15 Å². The summed E-state index contributed by atoms with van der Waals surface area (Å²) >= 11 is 0. The Kier molecular flexibility index (Phi) is 5.32. The molecule has 4 rings (SSSR count). The summed E-state index contributed by atoms with van der Waals surface area (Å²) in [5.74, 6) is -0.905. The fourth-order valence-electron chi connectivity index (χ4n) is 3.29. The van der Waals surface area contributed by atoms with Gasteiger partial charge in [0.1, 0.15) is 5.58 Å². The summed E-state index contributed by atoms with van der Waals surface area (Å²) in [6, 6.07) is 15.7. The van der Waals surface area contributed by atoms with Crippen LogP contribution in [-0.2, 0) is 0 Å². The molecule has 7 nitrogen and oxygen atoms in total. The molecule has 0 fully saturated rings. The first-order chi connectivity index (χ1) is 15.2. The van der Waals surface area contributed by atoms with E-state index in [1.54, 1.807) is 24.3 Å². The Bertz CT molecular complexity index is 1420. The number of nitro benzene ring substituents is 1. The number of esters is 1.